The highest BCUT2D eigenvalue weighted by Crippen LogP contribution is 2.30. The molecule has 0 saturated heterocycles. The van der Waals surface area contributed by atoms with E-state index in [2.05, 4.69) is 38.2 Å². The summed E-state index contributed by atoms with van der Waals surface area (Å²) in [6, 6.07) is 18.4. The summed E-state index contributed by atoms with van der Waals surface area (Å²) < 4.78 is 0. The molecule has 3 aromatic carbocycles. The minimum absolute atomic E-state index is 0.332. The van der Waals surface area contributed by atoms with Crippen LogP contribution in [0.25, 0.3) is 21.5 Å². The maximum Gasteiger partial charge on any atom is 0.303 e. The van der Waals surface area contributed by atoms with Crippen LogP contribution in [-0.2, 0) is 4.79 Å². The molecule has 3 N–H and O–H groups in total. The van der Waals surface area contributed by atoms with Crippen molar-refractivity contribution in [3.8, 4) is 6.07 Å². The van der Waals surface area contributed by atoms with Gasteiger partial charge in [0.15, 0.2) is 0 Å². The number of hydrogen-bond acceptors (Lipinski definition) is 4. The second kappa shape index (κ2) is 21.7. The monoisotopic (exact) mass is 588 g/mol. The van der Waals surface area contributed by atoms with Gasteiger partial charge in [0.1, 0.15) is 0 Å². The minimum atomic E-state index is -0.653. The Morgan fingerprint density at radius 3 is 1.77 bits per heavy atom. The number of carbonyl (C=O) groups is 1. The second-order valence-corrected chi connectivity index (χ2v) is 12.2. The van der Waals surface area contributed by atoms with Gasteiger partial charge in [-0.25, -0.2) is 0 Å². The third kappa shape index (κ3) is 14.4. The number of nitriles is 1. The smallest absolute Gasteiger partial charge is 0.303 e. The van der Waals surface area contributed by atoms with E-state index in [0.717, 1.165) is 39.9 Å². The van der Waals surface area contributed by atoms with Gasteiger partial charge in [-0.05, 0) is 46.3 Å². The largest absolute Gasteiger partial charge is 0.481 e. The van der Waals surface area contributed by atoms with Gasteiger partial charge >= 0.3 is 5.97 Å². The molecule has 0 aliphatic carbocycles. The fraction of sp³-hybridized carbons (Fsp3) is 0.579. The van der Waals surface area contributed by atoms with E-state index in [1.807, 2.05) is 42.5 Å². The van der Waals surface area contributed by atoms with E-state index in [1.165, 1.54) is 83.5 Å². The summed E-state index contributed by atoms with van der Waals surface area (Å²) in [7, 11) is 0. The predicted molar refractivity (Wildman–Crippen MR) is 181 cm³/mol. The fourth-order valence-electron chi connectivity index (χ4n) is 5.57. The maximum absolute atomic E-state index is 10.5. The first-order valence-electron chi connectivity index (χ1n) is 16.9. The van der Waals surface area contributed by atoms with Gasteiger partial charge < -0.3 is 15.5 Å². The molecule has 0 radical (unpaired) electrons. The second-order valence-electron chi connectivity index (χ2n) is 12.2. The number of carboxylic acid groups (broad SMARTS) is 1. The molecule has 0 aliphatic heterocycles. The van der Waals surface area contributed by atoms with E-state index in [-0.39, 0.29) is 0 Å². The number of nitrogens with zero attached hydrogens (tertiary/aromatic N) is 1. The van der Waals surface area contributed by atoms with Crippen LogP contribution in [0, 0.1) is 11.3 Å². The zero-order chi connectivity index (χ0) is 31.3. The van der Waals surface area contributed by atoms with Crippen molar-refractivity contribution in [1.29, 1.82) is 5.26 Å². The molecule has 5 nitrogen and oxygen atoms in total. The van der Waals surface area contributed by atoms with E-state index in [0.29, 0.717) is 24.6 Å². The number of aliphatic hydroxyl groups excluding tert-OH is 1. The van der Waals surface area contributed by atoms with Crippen molar-refractivity contribution in [1.82, 2.24) is 5.32 Å². The van der Waals surface area contributed by atoms with Crippen LogP contribution >= 0.6 is 0 Å². The van der Waals surface area contributed by atoms with E-state index in [1.54, 1.807) is 0 Å². The van der Waals surface area contributed by atoms with Gasteiger partial charge in [0.2, 0.25) is 0 Å². The normalized spacial score (nSPS) is 11.8. The summed E-state index contributed by atoms with van der Waals surface area (Å²) in [5.41, 5.74) is 1.59. The topological polar surface area (TPSA) is 93.4 Å². The van der Waals surface area contributed by atoms with Gasteiger partial charge in [0.05, 0.1) is 17.7 Å². The van der Waals surface area contributed by atoms with Crippen LogP contribution in [0.3, 0.4) is 0 Å². The van der Waals surface area contributed by atoms with Crippen molar-refractivity contribution in [2.24, 2.45) is 0 Å². The van der Waals surface area contributed by atoms with Gasteiger partial charge in [-0.15, -0.1) is 0 Å². The summed E-state index contributed by atoms with van der Waals surface area (Å²) in [6.07, 6.45) is 19.6. The summed E-state index contributed by atoms with van der Waals surface area (Å²) in [4.78, 5) is 10.3. The van der Waals surface area contributed by atoms with E-state index >= 15 is 0 Å². The average molecular weight is 589 g/mol. The predicted octanol–water partition coefficient (Wildman–Crippen LogP) is 10.2. The molecule has 0 bridgehead atoms. The SMILES string of the molecule is CC(C)NCC(O)c1cccc2cc3c(C#N)cccc3cc12.CCCCCCCCCCCCCCCCCC(=O)O. The highest BCUT2D eigenvalue weighted by Gasteiger charge is 2.13. The molecule has 3 rings (SSSR count). The Labute approximate surface area is 260 Å². The number of unbranched alkanes of at least 4 members (excludes halogenated alkanes) is 14. The summed E-state index contributed by atoms with van der Waals surface area (Å²) in [6.45, 7) is 6.92. The number of aliphatic hydroxyl groups is 1. The molecule has 0 amide bonds. The number of fused-ring (bicyclic) bond motifs is 2. The van der Waals surface area contributed by atoms with Crippen LogP contribution in [-0.4, -0.2) is 28.8 Å². The molecule has 0 saturated carbocycles. The number of rotatable bonds is 20. The number of aliphatic carboxylic acids is 1. The number of hydrogen-bond donors (Lipinski definition) is 3. The molecule has 3 aromatic rings. The van der Waals surface area contributed by atoms with Crippen LogP contribution in [0.15, 0.2) is 48.5 Å². The average Bonchev–Trinajstić information content (AvgIpc) is 3.00. The van der Waals surface area contributed by atoms with Gasteiger partial charge in [0, 0.05) is 24.4 Å². The van der Waals surface area contributed by atoms with Crippen molar-refractivity contribution in [3.05, 3.63) is 59.7 Å². The summed E-state index contributed by atoms with van der Waals surface area (Å²) in [5.74, 6) is -0.653. The molecule has 0 aliphatic rings. The number of nitrogens with one attached hydrogen (secondary N) is 1. The van der Waals surface area contributed by atoms with E-state index in [9.17, 15) is 15.2 Å². The Morgan fingerprint density at radius 2 is 1.26 bits per heavy atom. The standard InChI is InChI=1S/C20H20N2O.C18H36O2/c1-13(2)22-12-20(23)17-8-4-6-15-9-18-14(10-19(15)17)5-3-7-16(18)11-21;1-2-3-4-5-6-7-8-9-10-11-12-13-14-15-16-17-18(19)20/h3-10,13,20,22-23H,12H2,1-2H3;2-17H2,1H3,(H,19,20). The van der Waals surface area contributed by atoms with Crippen molar-refractivity contribution >= 4 is 27.5 Å². The van der Waals surface area contributed by atoms with Crippen LogP contribution in [0.1, 0.15) is 141 Å². The van der Waals surface area contributed by atoms with Gasteiger partial charge in [-0.2, -0.15) is 5.26 Å². The zero-order valence-electron chi connectivity index (χ0n) is 27.0. The van der Waals surface area contributed by atoms with E-state index < -0.39 is 12.1 Å². The molecule has 1 unspecified atom stereocenters. The minimum Gasteiger partial charge on any atom is -0.481 e. The number of carboxylic acids is 1. The van der Waals surface area contributed by atoms with Crippen LogP contribution in [0.4, 0.5) is 0 Å². The highest BCUT2D eigenvalue weighted by molar-refractivity contribution is 6.01. The molecule has 0 fully saturated rings. The Balaban J connectivity index is 0.000000304. The summed E-state index contributed by atoms with van der Waals surface area (Å²) in [5, 5.41) is 35.6. The van der Waals surface area contributed by atoms with Crippen molar-refractivity contribution < 1.29 is 15.0 Å². The molecule has 1 atom stereocenters. The lowest BCUT2D eigenvalue weighted by atomic mass is 9.95. The quantitative estimate of drug-likeness (QED) is 0.0902. The molecular weight excluding hydrogens is 532 g/mol. The Hall–Kier alpha value is -2.94. The molecule has 0 spiro atoms. The molecular formula is C38H56N2O3. The fourth-order valence-corrected chi connectivity index (χ4v) is 5.57. The van der Waals surface area contributed by atoms with Crippen LogP contribution in [0.5, 0.6) is 0 Å². The molecule has 0 heterocycles. The molecule has 5 heteroatoms. The maximum atomic E-state index is 10.5. The van der Waals surface area contributed by atoms with Crippen LogP contribution < -0.4 is 5.32 Å². The lowest BCUT2D eigenvalue weighted by molar-refractivity contribution is -0.137. The van der Waals surface area contributed by atoms with Crippen molar-refractivity contribution in [2.45, 2.75) is 136 Å². The van der Waals surface area contributed by atoms with Gasteiger partial charge in [-0.1, -0.05) is 141 Å². The third-order valence-electron chi connectivity index (χ3n) is 8.11. The third-order valence-corrected chi connectivity index (χ3v) is 8.11. The Bertz CT molecular complexity index is 1250. The van der Waals surface area contributed by atoms with Crippen LogP contribution in [0.2, 0.25) is 0 Å². The highest BCUT2D eigenvalue weighted by atomic mass is 16.4. The van der Waals surface area contributed by atoms with Gasteiger partial charge in [0.25, 0.3) is 0 Å². The Morgan fingerprint density at radius 1 is 0.767 bits per heavy atom. The van der Waals surface area contributed by atoms with Gasteiger partial charge in [-0.3, -0.25) is 4.79 Å². The Kier molecular flexibility index (Phi) is 18.3. The van der Waals surface area contributed by atoms with Crippen molar-refractivity contribution in [3.63, 3.8) is 0 Å². The zero-order valence-corrected chi connectivity index (χ0v) is 27.0. The first-order valence-corrected chi connectivity index (χ1v) is 16.9. The van der Waals surface area contributed by atoms with Crippen molar-refractivity contribution in [2.75, 3.05) is 6.54 Å². The first-order chi connectivity index (χ1) is 20.9. The molecule has 0 aromatic heterocycles. The summed E-state index contributed by atoms with van der Waals surface area (Å²) >= 11 is 0. The number of benzene rings is 3. The molecule has 236 valence electrons. The lowest BCUT2D eigenvalue weighted by Gasteiger charge is -2.17. The first kappa shape index (κ1) is 36.3. The van der Waals surface area contributed by atoms with E-state index in [4.69, 9.17) is 5.11 Å². The molecule has 43 heavy (non-hydrogen) atoms. The lowest BCUT2D eigenvalue weighted by Crippen LogP contribution is -2.27.